The van der Waals surface area contributed by atoms with Crippen molar-refractivity contribution in [3.63, 3.8) is 0 Å². The summed E-state index contributed by atoms with van der Waals surface area (Å²) < 4.78 is 10.0. The van der Waals surface area contributed by atoms with E-state index < -0.39 is 10.9 Å². The van der Waals surface area contributed by atoms with Gasteiger partial charge >= 0.3 is 5.97 Å². The van der Waals surface area contributed by atoms with Gasteiger partial charge < -0.3 is 19.3 Å². The van der Waals surface area contributed by atoms with Crippen LogP contribution in [0.4, 0.5) is 17.1 Å². The summed E-state index contributed by atoms with van der Waals surface area (Å²) in [6.45, 7) is 3.54. The first kappa shape index (κ1) is 21.3. The number of rotatable bonds is 7. The van der Waals surface area contributed by atoms with Crippen LogP contribution in [-0.2, 0) is 20.8 Å². The number of nitrogens with zero attached hydrogens (tertiary/aromatic N) is 3. The van der Waals surface area contributed by atoms with E-state index in [0.29, 0.717) is 31.0 Å². The molecule has 0 saturated carbocycles. The molecule has 1 saturated heterocycles. The van der Waals surface area contributed by atoms with Gasteiger partial charge in [0.2, 0.25) is 0 Å². The highest BCUT2D eigenvalue weighted by atomic mass is 16.6. The second kappa shape index (κ2) is 9.89. The first-order chi connectivity index (χ1) is 14.5. The van der Waals surface area contributed by atoms with Gasteiger partial charge in [-0.1, -0.05) is 24.3 Å². The molecular formula is C22H25N3O5. The van der Waals surface area contributed by atoms with Gasteiger partial charge in [0, 0.05) is 44.5 Å². The molecule has 8 heteroatoms. The van der Waals surface area contributed by atoms with E-state index in [4.69, 9.17) is 4.74 Å². The number of morpholine rings is 1. The van der Waals surface area contributed by atoms with Gasteiger partial charge in [-0.25, -0.2) is 4.79 Å². The van der Waals surface area contributed by atoms with Crippen LogP contribution in [0.25, 0.3) is 6.08 Å². The Balaban J connectivity index is 1.85. The van der Waals surface area contributed by atoms with Gasteiger partial charge in [-0.3, -0.25) is 10.1 Å². The zero-order valence-electron chi connectivity index (χ0n) is 17.1. The zero-order chi connectivity index (χ0) is 21.5. The van der Waals surface area contributed by atoms with E-state index in [9.17, 15) is 14.9 Å². The summed E-state index contributed by atoms with van der Waals surface area (Å²) in [5, 5.41) is 11.7. The van der Waals surface area contributed by atoms with Gasteiger partial charge in [0.05, 0.1) is 25.2 Å². The molecule has 0 bridgehead atoms. The lowest BCUT2D eigenvalue weighted by molar-refractivity contribution is -0.384. The molecule has 0 spiro atoms. The molecule has 0 radical (unpaired) electrons. The SMILES string of the molecule is COC(=O)/C=C/c1ccc(N(C)Cc2ccccc2N2CCOCC2)c([N+](=O)[O-])c1. The lowest BCUT2D eigenvalue weighted by Gasteiger charge is -2.31. The summed E-state index contributed by atoms with van der Waals surface area (Å²) in [6, 6.07) is 13.0. The Hall–Kier alpha value is -3.39. The van der Waals surface area contributed by atoms with Gasteiger partial charge in [-0.2, -0.15) is 0 Å². The maximum absolute atomic E-state index is 11.7. The topological polar surface area (TPSA) is 85.2 Å². The lowest BCUT2D eigenvalue weighted by atomic mass is 10.1. The van der Waals surface area contributed by atoms with Crippen LogP contribution in [0.1, 0.15) is 11.1 Å². The fourth-order valence-electron chi connectivity index (χ4n) is 3.44. The Labute approximate surface area is 175 Å². The molecule has 0 amide bonds. The van der Waals surface area contributed by atoms with E-state index in [-0.39, 0.29) is 5.69 Å². The molecule has 2 aromatic rings. The van der Waals surface area contributed by atoms with E-state index in [1.807, 2.05) is 30.1 Å². The summed E-state index contributed by atoms with van der Waals surface area (Å²) in [6.07, 6.45) is 2.73. The summed E-state index contributed by atoms with van der Waals surface area (Å²) >= 11 is 0. The number of methoxy groups -OCH3 is 1. The molecule has 0 unspecified atom stereocenters. The predicted molar refractivity (Wildman–Crippen MR) is 116 cm³/mol. The Bertz CT molecular complexity index is 938. The van der Waals surface area contributed by atoms with Crippen LogP contribution >= 0.6 is 0 Å². The van der Waals surface area contributed by atoms with Crippen LogP contribution in [0.15, 0.2) is 48.5 Å². The number of esters is 1. The maximum atomic E-state index is 11.7. The van der Waals surface area contributed by atoms with Gasteiger partial charge in [-0.15, -0.1) is 0 Å². The number of para-hydroxylation sites is 1. The standard InChI is InChI=1S/C22H25N3O5/c1-23(16-18-5-3-4-6-19(18)24-11-13-30-14-12-24)20-9-7-17(8-10-22(26)29-2)15-21(20)25(27)28/h3-10,15H,11-14,16H2,1-2H3/b10-8+. The van der Waals surface area contributed by atoms with Gasteiger partial charge in [0.25, 0.3) is 5.69 Å². The average molecular weight is 411 g/mol. The third-order valence-corrected chi connectivity index (χ3v) is 4.97. The highest BCUT2D eigenvalue weighted by molar-refractivity contribution is 5.87. The number of ether oxygens (including phenoxy) is 2. The molecule has 0 aromatic heterocycles. The summed E-state index contributed by atoms with van der Waals surface area (Å²) in [5.74, 6) is -0.515. The number of hydrogen-bond acceptors (Lipinski definition) is 7. The largest absolute Gasteiger partial charge is 0.466 e. The van der Waals surface area contributed by atoms with Crippen LogP contribution in [0, 0.1) is 10.1 Å². The molecule has 1 fully saturated rings. The monoisotopic (exact) mass is 411 g/mol. The maximum Gasteiger partial charge on any atom is 0.330 e. The number of hydrogen-bond donors (Lipinski definition) is 0. The van der Waals surface area contributed by atoms with Crippen molar-refractivity contribution in [3.8, 4) is 0 Å². The van der Waals surface area contributed by atoms with Crippen molar-refractivity contribution in [2.24, 2.45) is 0 Å². The molecule has 1 aliphatic heterocycles. The van der Waals surface area contributed by atoms with E-state index >= 15 is 0 Å². The van der Waals surface area contributed by atoms with Crippen molar-refractivity contribution in [3.05, 3.63) is 69.8 Å². The number of carbonyl (C=O) groups excluding carboxylic acids is 1. The van der Waals surface area contributed by atoms with E-state index in [0.717, 1.165) is 24.3 Å². The third-order valence-electron chi connectivity index (χ3n) is 4.97. The first-order valence-corrected chi connectivity index (χ1v) is 9.66. The predicted octanol–water partition coefficient (Wildman–Crippen LogP) is 3.25. The molecule has 1 aliphatic rings. The smallest absolute Gasteiger partial charge is 0.330 e. The molecule has 30 heavy (non-hydrogen) atoms. The highest BCUT2D eigenvalue weighted by Crippen LogP contribution is 2.31. The van der Waals surface area contributed by atoms with Crippen molar-refractivity contribution >= 4 is 29.1 Å². The van der Waals surface area contributed by atoms with Crippen molar-refractivity contribution < 1.29 is 19.2 Å². The number of benzene rings is 2. The van der Waals surface area contributed by atoms with Crippen LogP contribution in [-0.4, -0.2) is 51.4 Å². The highest BCUT2D eigenvalue weighted by Gasteiger charge is 2.20. The van der Waals surface area contributed by atoms with Crippen molar-refractivity contribution in [2.45, 2.75) is 6.54 Å². The molecule has 158 valence electrons. The molecule has 8 nitrogen and oxygen atoms in total. The average Bonchev–Trinajstić information content (AvgIpc) is 2.78. The minimum absolute atomic E-state index is 0.0200. The fraction of sp³-hybridized carbons (Fsp3) is 0.318. The number of nitro groups is 1. The van der Waals surface area contributed by atoms with Crippen LogP contribution < -0.4 is 9.80 Å². The second-order valence-corrected chi connectivity index (χ2v) is 6.95. The molecule has 0 N–H and O–H groups in total. The lowest BCUT2D eigenvalue weighted by Crippen LogP contribution is -2.37. The first-order valence-electron chi connectivity index (χ1n) is 9.66. The quantitative estimate of drug-likeness (QED) is 0.299. The molecule has 3 rings (SSSR count). The zero-order valence-corrected chi connectivity index (χ0v) is 17.1. The van der Waals surface area contributed by atoms with Crippen LogP contribution in [0.3, 0.4) is 0 Å². The van der Waals surface area contributed by atoms with Gasteiger partial charge in [-0.05, 0) is 29.3 Å². The molecule has 2 aromatic carbocycles. The molecule has 1 heterocycles. The second-order valence-electron chi connectivity index (χ2n) is 6.95. The van der Waals surface area contributed by atoms with Crippen molar-refractivity contribution in [1.29, 1.82) is 0 Å². The summed E-state index contributed by atoms with van der Waals surface area (Å²) in [5.41, 5.74) is 3.25. The summed E-state index contributed by atoms with van der Waals surface area (Å²) in [4.78, 5) is 26.7. The fourth-order valence-corrected chi connectivity index (χ4v) is 3.44. The Morgan fingerprint density at radius 1 is 1.27 bits per heavy atom. The third kappa shape index (κ3) is 5.15. The Kier molecular flexibility index (Phi) is 7.03. The van der Waals surface area contributed by atoms with E-state index in [1.54, 1.807) is 12.1 Å². The summed E-state index contributed by atoms with van der Waals surface area (Å²) in [7, 11) is 3.12. The Morgan fingerprint density at radius 2 is 2.00 bits per heavy atom. The number of anilines is 2. The van der Waals surface area contributed by atoms with Crippen molar-refractivity contribution in [2.75, 3.05) is 50.3 Å². The van der Waals surface area contributed by atoms with E-state index in [2.05, 4.69) is 15.7 Å². The van der Waals surface area contributed by atoms with E-state index in [1.165, 1.54) is 25.3 Å². The minimum Gasteiger partial charge on any atom is -0.466 e. The number of nitro benzene ring substituents is 1. The molecule has 0 atom stereocenters. The normalized spacial score (nSPS) is 14.0. The number of carbonyl (C=O) groups is 1. The van der Waals surface area contributed by atoms with Gasteiger partial charge in [0.1, 0.15) is 5.69 Å². The molecular weight excluding hydrogens is 386 g/mol. The molecule has 0 aliphatic carbocycles. The van der Waals surface area contributed by atoms with Crippen LogP contribution in [0.5, 0.6) is 0 Å². The Morgan fingerprint density at radius 3 is 2.70 bits per heavy atom. The van der Waals surface area contributed by atoms with Crippen molar-refractivity contribution in [1.82, 2.24) is 0 Å². The minimum atomic E-state index is -0.515. The van der Waals surface area contributed by atoms with Crippen LogP contribution in [0.2, 0.25) is 0 Å². The van der Waals surface area contributed by atoms with Gasteiger partial charge in [0.15, 0.2) is 0 Å².